The summed E-state index contributed by atoms with van der Waals surface area (Å²) in [6, 6.07) is 11.3. The number of nitrogens with two attached hydrogens (primary N) is 1. The summed E-state index contributed by atoms with van der Waals surface area (Å²) < 4.78 is 5.66. The number of hydrogen-bond acceptors (Lipinski definition) is 4. The van der Waals surface area contributed by atoms with Crippen LogP contribution in [0.15, 0.2) is 36.5 Å². The van der Waals surface area contributed by atoms with Gasteiger partial charge in [0.05, 0.1) is 5.56 Å². The van der Waals surface area contributed by atoms with E-state index in [1.165, 1.54) is 11.8 Å². The molecule has 0 aliphatic heterocycles. The summed E-state index contributed by atoms with van der Waals surface area (Å²) in [5.41, 5.74) is 7.63. The van der Waals surface area contributed by atoms with E-state index in [-0.39, 0.29) is 11.6 Å². The van der Waals surface area contributed by atoms with Crippen LogP contribution in [-0.2, 0) is 0 Å². The van der Waals surface area contributed by atoms with Gasteiger partial charge in [-0.3, -0.25) is 0 Å². The number of hydrogen-bond donors (Lipinski definition) is 1. The lowest BCUT2D eigenvalue weighted by molar-refractivity contribution is 0.464. The van der Waals surface area contributed by atoms with Crippen molar-refractivity contribution in [1.29, 1.82) is 5.26 Å². The summed E-state index contributed by atoms with van der Waals surface area (Å²) in [6.45, 7) is 4.23. The molecule has 1 aromatic heterocycles. The van der Waals surface area contributed by atoms with Crippen LogP contribution in [0.4, 0.5) is 5.69 Å². The third kappa shape index (κ3) is 2.83. The zero-order valence-electron chi connectivity index (χ0n) is 10.9. The SMILES string of the molecule is CC(C)c1cccc(Oc2nccc(C#N)c2N)c1. The van der Waals surface area contributed by atoms with Gasteiger partial charge in [-0.2, -0.15) is 5.26 Å². The Bertz CT molecular complexity index is 630. The van der Waals surface area contributed by atoms with Crippen molar-refractivity contribution in [3.8, 4) is 17.7 Å². The van der Waals surface area contributed by atoms with Crippen molar-refractivity contribution >= 4 is 5.69 Å². The highest BCUT2D eigenvalue weighted by Gasteiger charge is 2.09. The van der Waals surface area contributed by atoms with Crippen molar-refractivity contribution in [3.05, 3.63) is 47.7 Å². The van der Waals surface area contributed by atoms with Crippen LogP contribution in [0.2, 0.25) is 0 Å². The molecule has 0 aliphatic carbocycles. The van der Waals surface area contributed by atoms with E-state index in [1.54, 1.807) is 6.07 Å². The first-order chi connectivity index (χ1) is 9.11. The molecule has 2 rings (SSSR count). The van der Waals surface area contributed by atoms with Crippen LogP contribution in [0, 0.1) is 11.3 Å². The van der Waals surface area contributed by atoms with Gasteiger partial charge < -0.3 is 10.5 Å². The number of nitrogens with zero attached hydrogens (tertiary/aromatic N) is 2. The van der Waals surface area contributed by atoms with Crippen LogP contribution in [0.5, 0.6) is 11.6 Å². The summed E-state index contributed by atoms with van der Waals surface area (Å²) in [7, 11) is 0. The van der Waals surface area contributed by atoms with Gasteiger partial charge in [0.15, 0.2) is 0 Å². The second kappa shape index (κ2) is 5.40. The highest BCUT2D eigenvalue weighted by Crippen LogP contribution is 2.28. The Labute approximate surface area is 112 Å². The molecule has 4 heteroatoms. The average molecular weight is 253 g/mol. The largest absolute Gasteiger partial charge is 0.437 e. The zero-order valence-corrected chi connectivity index (χ0v) is 10.9. The van der Waals surface area contributed by atoms with Crippen LogP contribution in [0.3, 0.4) is 0 Å². The van der Waals surface area contributed by atoms with Crippen molar-refractivity contribution in [3.63, 3.8) is 0 Å². The van der Waals surface area contributed by atoms with Crippen LogP contribution < -0.4 is 10.5 Å². The smallest absolute Gasteiger partial charge is 0.244 e. The molecule has 2 N–H and O–H groups in total. The molecule has 0 radical (unpaired) electrons. The molecular weight excluding hydrogens is 238 g/mol. The number of rotatable bonds is 3. The van der Waals surface area contributed by atoms with E-state index in [9.17, 15) is 0 Å². The fraction of sp³-hybridized carbons (Fsp3) is 0.200. The predicted octanol–water partition coefficient (Wildman–Crippen LogP) is 3.45. The van der Waals surface area contributed by atoms with E-state index < -0.39 is 0 Å². The van der Waals surface area contributed by atoms with Crippen molar-refractivity contribution in [2.24, 2.45) is 0 Å². The molecule has 0 saturated heterocycles. The van der Waals surface area contributed by atoms with Crippen molar-refractivity contribution in [2.45, 2.75) is 19.8 Å². The average Bonchev–Trinajstić information content (AvgIpc) is 2.41. The monoisotopic (exact) mass is 253 g/mol. The Balaban J connectivity index is 2.32. The van der Waals surface area contributed by atoms with Crippen molar-refractivity contribution in [2.75, 3.05) is 5.73 Å². The quantitative estimate of drug-likeness (QED) is 0.909. The molecule has 1 heterocycles. The van der Waals surface area contributed by atoms with E-state index in [2.05, 4.69) is 18.8 Å². The molecule has 0 unspecified atom stereocenters. The Morgan fingerprint density at radius 1 is 1.32 bits per heavy atom. The van der Waals surface area contributed by atoms with Gasteiger partial charge in [-0.15, -0.1) is 0 Å². The summed E-state index contributed by atoms with van der Waals surface area (Å²) in [5.74, 6) is 1.35. The van der Waals surface area contributed by atoms with Crippen LogP contribution >= 0.6 is 0 Å². The topological polar surface area (TPSA) is 71.9 Å². The summed E-state index contributed by atoms with van der Waals surface area (Å²) >= 11 is 0. The number of nitrogen functional groups attached to an aromatic ring is 1. The number of aromatic nitrogens is 1. The number of ether oxygens (including phenoxy) is 1. The second-order valence-corrected chi connectivity index (χ2v) is 4.52. The highest BCUT2D eigenvalue weighted by molar-refractivity contribution is 5.60. The maximum absolute atomic E-state index is 8.91. The molecule has 0 saturated carbocycles. The summed E-state index contributed by atoms with van der Waals surface area (Å²) in [6.07, 6.45) is 1.51. The van der Waals surface area contributed by atoms with E-state index in [1.807, 2.05) is 30.3 Å². The molecule has 19 heavy (non-hydrogen) atoms. The van der Waals surface area contributed by atoms with Crippen LogP contribution in [0.25, 0.3) is 0 Å². The molecule has 0 atom stereocenters. The molecule has 0 amide bonds. The van der Waals surface area contributed by atoms with Gasteiger partial charge in [0, 0.05) is 6.20 Å². The first kappa shape index (κ1) is 12.9. The third-order valence-electron chi connectivity index (χ3n) is 2.81. The Morgan fingerprint density at radius 3 is 2.79 bits per heavy atom. The van der Waals surface area contributed by atoms with E-state index >= 15 is 0 Å². The number of benzene rings is 1. The van der Waals surface area contributed by atoms with E-state index in [0.717, 1.165) is 0 Å². The first-order valence-electron chi connectivity index (χ1n) is 6.04. The lowest BCUT2D eigenvalue weighted by Gasteiger charge is -2.10. The lowest BCUT2D eigenvalue weighted by atomic mass is 10.0. The van der Waals surface area contributed by atoms with Gasteiger partial charge in [0.1, 0.15) is 17.5 Å². The zero-order chi connectivity index (χ0) is 13.8. The summed E-state index contributed by atoms with van der Waals surface area (Å²) in [4.78, 5) is 4.06. The van der Waals surface area contributed by atoms with E-state index in [4.69, 9.17) is 15.7 Å². The normalized spacial score (nSPS) is 10.2. The number of nitriles is 1. The fourth-order valence-corrected chi connectivity index (χ4v) is 1.68. The molecule has 0 bridgehead atoms. The molecule has 2 aromatic rings. The maximum Gasteiger partial charge on any atom is 0.244 e. The molecule has 4 nitrogen and oxygen atoms in total. The fourth-order valence-electron chi connectivity index (χ4n) is 1.68. The number of pyridine rings is 1. The standard InChI is InChI=1S/C15H15N3O/c1-10(2)11-4-3-5-13(8-11)19-15-14(17)12(9-16)6-7-18-15/h3-8,10H,17H2,1-2H3. The Kier molecular flexibility index (Phi) is 3.67. The number of anilines is 1. The minimum absolute atomic E-state index is 0.264. The maximum atomic E-state index is 8.91. The van der Waals surface area contributed by atoms with Crippen molar-refractivity contribution < 1.29 is 4.74 Å². The Hall–Kier alpha value is -2.54. The van der Waals surface area contributed by atoms with Crippen LogP contribution in [0.1, 0.15) is 30.9 Å². The van der Waals surface area contributed by atoms with E-state index in [0.29, 0.717) is 17.2 Å². The first-order valence-corrected chi connectivity index (χ1v) is 6.04. The van der Waals surface area contributed by atoms with Gasteiger partial charge in [0.2, 0.25) is 5.88 Å². The molecule has 0 fully saturated rings. The van der Waals surface area contributed by atoms with Crippen molar-refractivity contribution in [1.82, 2.24) is 4.98 Å². The predicted molar refractivity (Wildman–Crippen MR) is 74.0 cm³/mol. The Morgan fingerprint density at radius 2 is 2.11 bits per heavy atom. The third-order valence-corrected chi connectivity index (χ3v) is 2.81. The summed E-state index contributed by atoms with van der Waals surface area (Å²) in [5, 5.41) is 8.91. The van der Waals surface area contributed by atoms with Gasteiger partial charge in [-0.05, 0) is 29.7 Å². The molecular formula is C15H15N3O. The molecule has 0 spiro atoms. The molecule has 0 aliphatic rings. The highest BCUT2D eigenvalue weighted by atomic mass is 16.5. The minimum atomic E-state index is 0.264. The van der Waals surface area contributed by atoms with Crippen LogP contribution in [-0.4, -0.2) is 4.98 Å². The van der Waals surface area contributed by atoms with Gasteiger partial charge in [-0.25, -0.2) is 4.98 Å². The molecule has 96 valence electrons. The lowest BCUT2D eigenvalue weighted by Crippen LogP contribution is -1.98. The van der Waals surface area contributed by atoms with Gasteiger partial charge in [0.25, 0.3) is 0 Å². The minimum Gasteiger partial charge on any atom is -0.437 e. The van der Waals surface area contributed by atoms with Gasteiger partial charge in [-0.1, -0.05) is 26.0 Å². The molecule has 1 aromatic carbocycles. The van der Waals surface area contributed by atoms with Gasteiger partial charge >= 0.3 is 0 Å². The second-order valence-electron chi connectivity index (χ2n) is 4.52.